The maximum atomic E-state index is 9.22. The number of rotatable bonds is 3. The van der Waals surface area contributed by atoms with Crippen LogP contribution < -0.4 is 0 Å². The SMILES string of the molecule is C=Cc1cccc(C)c1/C(=C\C)CO. The van der Waals surface area contributed by atoms with Crippen molar-refractivity contribution in [3.05, 3.63) is 47.5 Å². The first-order valence-electron chi connectivity index (χ1n) is 4.73. The zero-order chi connectivity index (χ0) is 10.6. The van der Waals surface area contributed by atoms with Gasteiger partial charge in [-0.2, -0.15) is 0 Å². The molecule has 74 valence electrons. The minimum atomic E-state index is 0.0716. The fourth-order valence-corrected chi connectivity index (χ4v) is 1.61. The lowest BCUT2D eigenvalue weighted by atomic mass is 9.95. The van der Waals surface area contributed by atoms with Gasteiger partial charge in [0, 0.05) is 0 Å². The largest absolute Gasteiger partial charge is 0.392 e. The van der Waals surface area contributed by atoms with Crippen LogP contribution >= 0.6 is 0 Å². The van der Waals surface area contributed by atoms with Crippen molar-refractivity contribution in [3.8, 4) is 0 Å². The predicted molar refractivity (Wildman–Crippen MR) is 62.0 cm³/mol. The number of hydrogen-bond donors (Lipinski definition) is 1. The molecule has 1 aromatic carbocycles. The summed E-state index contributed by atoms with van der Waals surface area (Å²) >= 11 is 0. The Balaban J connectivity index is 3.36. The minimum absolute atomic E-state index is 0.0716. The maximum absolute atomic E-state index is 9.22. The molecule has 0 atom stereocenters. The van der Waals surface area contributed by atoms with E-state index in [2.05, 4.69) is 6.58 Å². The molecule has 0 heterocycles. The molecular weight excluding hydrogens is 172 g/mol. The van der Waals surface area contributed by atoms with Gasteiger partial charge in [-0.05, 0) is 36.1 Å². The Morgan fingerprint density at radius 3 is 2.71 bits per heavy atom. The van der Waals surface area contributed by atoms with Crippen LogP contribution in [-0.2, 0) is 0 Å². The molecule has 1 rings (SSSR count). The monoisotopic (exact) mass is 188 g/mol. The van der Waals surface area contributed by atoms with E-state index in [0.717, 1.165) is 16.7 Å². The van der Waals surface area contributed by atoms with E-state index >= 15 is 0 Å². The summed E-state index contributed by atoms with van der Waals surface area (Å²) in [6, 6.07) is 6.05. The van der Waals surface area contributed by atoms with Gasteiger partial charge in [0.15, 0.2) is 0 Å². The van der Waals surface area contributed by atoms with Gasteiger partial charge in [-0.1, -0.05) is 36.9 Å². The molecule has 1 aromatic rings. The van der Waals surface area contributed by atoms with Gasteiger partial charge in [0.2, 0.25) is 0 Å². The van der Waals surface area contributed by atoms with Crippen LogP contribution in [0.2, 0.25) is 0 Å². The molecule has 1 nitrogen and oxygen atoms in total. The summed E-state index contributed by atoms with van der Waals surface area (Å²) in [5.41, 5.74) is 4.31. The van der Waals surface area contributed by atoms with Crippen molar-refractivity contribution in [3.63, 3.8) is 0 Å². The topological polar surface area (TPSA) is 20.2 Å². The first kappa shape index (κ1) is 10.7. The third-order valence-corrected chi connectivity index (χ3v) is 2.36. The zero-order valence-electron chi connectivity index (χ0n) is 8.75. The highest BCUT2D eigenvalue weighted by Crippen LogP contribution is 2.23. The number of aryl methyl sites for hydroxylation is 1. The molecule has 0 aliphatic heterocycles. The van der Waals surface area contributed by atoms with Gasteiger partial charge in [-0.3, -0.25) is 0 Å². The number of benzene rings is 1. The molecule has 1 N–H and O–H groups in total. The van der Waals surface area contributed by atoms with E-state index in [-0.39, 0.29) is 6.61 Å². The average molecular weight is 188 g/mol. The van der Waals surface area contributed by atoms with Crippen LogP contribution in [0.4, 0.5) is 0 Å². The summed E-state index contributed by atoms with van der Waals surface area (Å²) in [7, 11) is 0. The Hall–Kier alpha value is -1.34. The predicted octanol–water partition coefficient (Wildman–Crippen LogP) is 3.03. The van der Waals surface area contributed by atoms with Gasteiger partial charge in [-0.15, -0.1) is 0 Å². The van der Waals surface area contributed by atoms with E-state index in [1.807, 2.05) is 44.2 Å². The van der Waals surface area contributed by atoms with Crippen LogP contribution in [0.3, 0.4) is 0 Å². The second kappa shape index (κ2) is 4.77. The van der Waals surface area contributed by atoms with E-state index in [1.54, 1.807) is 0 Å². The van der Waals surface area contributed by atoms with Crippen molar-refractivity contribution in [1.29, 1.82) is 0 Å². The van der Waals surface area contributed by atoms with Crippen LogP contribution in [0.25, 0.3) is 11.6 Å². The lowest BCUT2D eigenvalue weighted by Crippen LogP contribution is -1.96. The van der Waals surface area contributed by atoms with E-state index in [0.29, 0.717) is 0 Å². The molecule has 0 fully saturated rings. The molecule has 0 amide bonds. The van der Waals surface area contributed by atoms with E-state index < -0.39 is 0 Å². The highest BCUT2D eigenvalue weighted by Gasteiger charge is 2.06. The number of aliphatic hydroxyl groups excluding tert-OH is 1. The lowest BCUT2D eigenvalue weighted by molar-refractivity contribution is 0.350. The Morgan fingerprint density at radius 2 is 2.21 bits per heavy atom. The number of allylic oxidation sites excluding steroid dienone is 1. The maximum Gasteiger partial charge on any atom is 0.0684 e. The van der Waals surface area contributed by atoms with Crippen LogP contribution in [0.5, 0.6) is 0 Å². The summed E-state index contributed by atoms with van der Waals surface area (Å²) in [6.45, 7) is 7.82. The van der Waals surface area contributed by atoms with Gasteiger partial charge >= 0.3 is 0 Å². The molecule has 14 heavy (non-hydrogen) atoms. The first-order valence-corrected chi connectivity index (χ1v) is 4.73. The van der Waals surface area contributed by atoms with Crippen molar-refractivity contribution in [1.82, 2.24) is 0 Å². The zero-order valence-corrected chi connectivity index (χ0v) is 8.75. The van der Waals surface area contributed by atoms with Crippen molar-refractivity contribution in [2.75, 3.05) is 6.61 Å². The van der Waals surface area contributed by atoms with Gasteiger partial charge < -0.3 is 5.11 Å². The Morgan fingerprint density at radius 1 is 1.50 bits per heavy atom. The van der Waals surface area contributed by atoms with Crippen LogP contribution in [0.1, 0.15) is 23.6 Å². The smallest absolute Gasteiger partial charge is 0.0684 e. The number of hydrogen-bond acceptors (Lipinski definition) is 1. The fraction of sp³-hybridized carbons (Fsp3) is 0.231. The molecule has 0 aliphatic rings. The quantitative estimate of drug-likeness (QED) is 0.773. The van der Waals surface area contributed by atoms with Gasteiger partial charge in [0.05, 0.1) is 6.61 Å². The van der Waals surface area contributed by atoms with Crippen LogP contribution in [0.15, 0.2) is 30.9 Å². The molecule has 1 heteroatoms. The average Bonchev–Trinajstić information content (AvgIpc) is 2.22. The Kier molecular flexibility index (Phi) is 3.66. The summed E-state index contributed by atoms with van der Waals surface area (Å²) < 4.78 is 0. The minimum Gasteiger partial charge on any atom is -0.392 e. The van der Waals surface area contributed by atoms with E-state index in [4.69, 9.17) is 0 Å². The summed E-state index contributed by atoms with van der Waals surface area (Å²) in [6.07, 6.45) is 3.76. The van der Waals surface area contributed by atoms with Crippen LogP contribution in [-0.4, -0.2) is 11.7 Å². The van der Waals surface area contributed by atoms with Crippen LogP contribution in [0, 0.1) is 6.92 Å². The molecule has 0 radical (unpaired) electrons. The van der Waals surface area contributed by atoms with Gasteiger partial charge in [0.1, 0.15) is 0 Å². The molecule has 0 bridgehead atoms. The molecular formula is C13H16O. The third-order valence-electron chi connectivity index (χ3n) is 2.36. The van der Waals surface area contributed by atoms with E-state index in [9.17, 15) is 5.11 Å². The highest BCUT2D eigenvalue weighted by molar-refractivity contribution is 5.76. The molecule has 0 saturated carbocycles. The molecule has 0 aromatic heterocycles. The molecule has 0 spiro atoms. The lowest BCUT2D eigenvalue weighted by Gasteiger charge is -2.11. The highest BCUT2D eigenvalue weighted by atomic mass is 16.3. The van der Waals surface area contributed by atoms with Crippen molar-refractivity contribution in [2.24, 2.45) is 0 Å². The van der Waals surface area contributed by atoms with Crippen molar-refractivity contribution >= 4 is 11.6 Å². The number of aliphatic hydroxyl groups is 1. The van der Waals surface area contributed by atoms with Crippen molar-refractivity contribution < 1.29 is 5.11 Å². The normalized spacial score (nSPS) is 11.5. The van der Waals surface area contributed by atoms with Gasteiger partial charge in [0.25, 0.3) is 0 Å². The molecule has 0 aliphatic carbocycles. The first-order chi connectivity index (χ1) is 6.74. The van der Waals surface area contributed by atoms with Crippen molar-refractivity contribution in [2.45, 2.75) is 13.8 Å². The summed E-state index contributed by atoms with van der Waals surface area (Å²) in [4.78, 5) is 0. The second-order valence-electron chi connectivity index (χ2n) is 3.22. The summed E-state index contributed by atoms with van der Waals surface area (Å²) in [5, 5.41) is 9.22. The Labute approximate surface area is 85.4 Å². The summed E-state index contributed by atoms with van der Waals surface area (Å²) in [5.74, 6) is 0. The molecule has 0 saturated heterocycles. The standard InChI is InChI=1S/C13H16O/c1-4-11-8-6-7-10(3)13(11)12(5-2)9-14/h4-8,14H,1,9H2,2-3H3/b12-5-. The fourth-order valence-electron chi connectivity index (χ4n) is 1.61. The van der Waals surface area contributed by atoms with Gasteiger partial charge in [-0.25, -0.2) is 0 Å². The van der Waals surface area contributed by atoms with E-state index in [1.165, 1.54) is 5.56 Å². The third kappa shape index (κ3) is 1.94. The Bertz CT molecular complexity index is 361. The molecule has 0 unspecified atom stereocenters. The second-order valence-corrected chi connectivity index (χ2v) is 3.22.